The second-order valence-electron chi connectivity index (χ2n) is 7.88. The average Bonchev–Trinajstić information content (AvgIpc) is 3.22. The molecule has 1 aromatic heterocycles. The Morgan fingerprint density at radius 3 is 2.69 bits per heavy atom. The van der Waals surface area contributed by atoms with Crippen LogP contribution < -0.4 is 20.9 Å². The number of amides is 4. The van der Waals surface area contributed by atoms with Gasteiger partial charge in [-0.1, -0.05) is 44.5 Å². The summed E-state index contributed by atoms with van der Waals surface area (Å²) in [5, 5.41) is 8.45. The molecule has 9 nitrogen and oxygen atoms in total. The molecule has 0 unspecified atom stereocenters. The number of H-pyrrole nitrogens is 1. The molecule has 4 N–H and O–H groups in total. The molecule has 2 atom stereocenters. The number of fused-ring (bicyclic) bond motifs is 2. The number of hydrogen-bond acceptors (Lipinski definition) is 4. The first-order valence-electron chi connectivity index (χ1n) is 10.6. The highest BCUT2D eigenvalue weighted by Crippen LogP contribution is 2.29. The van der Waals surface area contributed by atoms with Gasteiger partial charge in [0.15, 0.2) is 0 Å². The zero-order chi connectivity index (χ0) is 22.7. The van der Waals surface area contributed by atoms with Crippen molar-refractivity contribution >= 4 is 40.3 Å². The molecule has 1 aliphatic heterocycles. The third-order valence-electron chi connectivity index (χ3n) is 5.66. The van der Waals surface area contributed by atoms with Crippen LogP contribution in [0.1, 0.15) is 26.1 Å². The first-order chi connectivity index (χ1) is 15.5. The zero-order valence-electron chi connectivity index (χ0n) is 18.0. The minimum atomic E-state index is -0.756. The van der Waals surface area contributed by atoms with Crippen LogP contribution in [0.2, 0.25) is 0 Å². The van der Waals surface area contributed by atoms with Gasteiger partial charge < -0.3 is 20.9 Å². The lowest BCUT2D eigenvalue weighted by Crippen LogP contribution is -2.55. The van der Waals surface area contributed by atoms with Crippen molar-refractivity contribution in [2.24, 2.45) is 5.92 Å². The molecule has 4 amide bonds. The molecule has 3 aromatic rings. The number of rotatable bonds is 6. The van der Waals surface area contributed by atoms with Crippen molar-refractivity contribution in [3.63, 3.8) is 0 Å². The molecular formula is C23H26N6O3. The van der Waals surface area contributed by atoms with E-state index < -0.39 is 12.1 Å². The van der Waals surface area contributed by atoms with E-state index in [1.54, 1.807) is 24.3 Å². The number of anilines is 2. The lowest BCUT2D eigenvalue weighted by molar-refractivity contribution is -0.124. The summed E-state index contributed by atoms with van der Waals surface area (Å²) >= 11 is 0. The third kappa shape index (κ3) is 4.41. The summed E-state index contributed by atoms with van der Waals surface area (Å²) in [6, 6.07) is 13.5. The van der Waals surface area contributed by atoms with E-state index in [-0.39, 0.29) is 30.8 Å². The Morgan fingerprint density at radius 2 is 1.91 bits per heavy atom. The van der Waals surface area contributed by atoms with Gasteiger partial charge >= 0.3 is 6.03 Å². The van der Waals surface area contributed by atoms with Crippen molar-refractivity contribution in [2.75, 3.05) is 16.8 Å². The standard InChI is InChI=1S/C23H26N6O3/c1-3-14(2)21(22(31)24-12-19-25-15-8-4-5-9-16(15)26-19)28-23(32)29-13-20(30)27-17-10-6-7-11-18(17)29/h4-11,14,21H,3,12-13H2,1-2H3,(H,24,31)(H,25,26)(H,27,30)(H,28,32)/t14-,21+/m1/s1. The van der Waals surface area contributed by atoms with Crippen LogP contribution in [0.3, 0.4) is 0 Å². The topological polar surface area (TPSA) is 119 Å². The molecule has 0 bridgehead atoms. The van der Waals surface area contributed by atoms with Gasteiger partial charge in [0.1, 0.15) is 18.4 Å². The zero-order valence-corrected chi connectivity index (χ0v) is 18.0. The molecule has 0 fully saturated rings. The van der Waals surface area contributed by atoms with Crippen LogP contribution in [-0.2, 0) is 16.1 Å². The summed E-state index contributed by atoms with van der Waals surface area (Å²) in [6.07, 6.45) is 0.695. The average molecular weight is 435 g/mol. The van der Waals surface area contributed by atoms with Crippen LogP contribution in [0.5, 0.6) is 0 Å². The predicted octanol–water partition coefficient (Wildman–Crippen LogP) is 2.76. The molecule has 4 rings (SSSR count). The quantitative estimate of drug-likeness (QED) is 0.477. The van der Waals surface area contributed by atoms with Gasteiger partial charge in [0.05, 0.1) is 29.0 Å². The predicted molar refractivity (Wildman–Crippen MR) is 122 cm³/mol. The van der Waals surface area contributed by atoms with Crippen LogP contribution in [0.15, 0.2) is 48.5 Å². The Bertz CT molecular complexity index is 1120. The monoisotopic (exact) mass is 434 g/mol. The highest BCUT2D eigenvalue weighted by molar-refractivity contribution is 6.10. The van der Waals surface area contributed by atoms with E-state index >= 15 is 0 Å². The molecule has 0 spiro atoms. The maximum absolute atomic E-state index is 13.1. The number of carbonyl (C=O) groups is 3. The Kier molecular flexibility index (Phi) is 6.07. The van der Waals surface area contributed by atoms with Crippen molar-refractivity contribution in [2.45, 2.75) is 32.9 Å². The molecule has 0 aliphatic carbocycles. The number of aromatic nitrogens is 2. The molecule has 9 heteroatoms. The van der Waals surface area contributed by atoms with Gasteiger partial charge in [0, 0.05) is 0 Å². The highest BCUT2D eigenvalue weighted by Gasteiger charge is 2.31. The summed E-state index contributed by atoms with van der Waals surface area (Å²) in [4.78, 5) is 47.1. The van der Waals surface area contributed by atoms with Gasteiger partial charge in [-0.25, -0.2) is 9.78 Å². The van der Waals surface area contributed by atoms with Crippen molar-refractivity contribution in [1.82, 2.24) is 20.6 Å². The van der Waals surface area contributed by atoms with E-state index in [1.165, 1.54) is 4.90 Å². The summed E-state index contributed by atoms with van der Waals surface area (Å²) in [7, 11) is 0. The number of nitrogens with one attached hydrogen (secondary N) is 4. The Balaban J connectivity index is 1.46. The molecule has 2 heterocycles. The van der Waals surface area contributed by atoms with E-state index in [0.29, 0.717) is 23.6 Å². The molecule has 2 aromatic carbocycles. The minimum absolute atomic E-state index is 0.108. The molecular weight excluding hydrogens is 408 g/mol. The Labute approximate surface area is 185 Å². The van der Waals surface area contributed by atoms with Gasteiger partial charge in [0.25, 0.3) is 0 Å². The second-order valence-corrected chi connectivity index (χ2v) is 7.88. The van der Waals surface area contributed by atoms with Crippen molar-refractivity contribution in [3.8, 4) is 0 Å². The lowest BCUT2D eigenvalue weighted by atomic mass is 9.98. The largest absolute Gasteiger partial charge is 0.347 e. The van der Waals surface area contributed by atoms with Crippen LogP contribution in [0.4, 0.5) is 16.2 Å². The summed E-state index contributed by atoms with van der Waals surface area (Å²) in [6.45, 7) is 3.96. The Morgan fingerprint density at radius 1 is 1.16 bits per heavy atom. The first-order valence-corrected chi connectivity index (χ1v) is 10.6. The van der Waals surface area contributed by atoms with Crippen molar-refractivity contribution in [1.29, 1.82) is 0 Å². The lowest BCUT2D eigenvalue weighted by Gasteiger charge is -2.31. The number of nitrogens with zero attached hydrogens (tertiary/aromatic N) is 2. The fraction of sp³-hybridized carbons (Fsp3) is 0.304. The molecule has 166 valence electrons. The maximum Gasteiger partial charge on any atom is 0.323 e. The normalized spacial score (nSPS) is 14.9. The van der Waals surface area contributed by atoms with Gasteiger partial charge in [-0.3, -0.25) is 14.5 Å². The van der Waals surface area contributed by atoms with E-state index in [9.17, 15) is 14.4 Å². The van der Waals surface area contributed by atoms with E-state index in [2.05, 4.69) is 25.9 Å². The maximum atomic E-state index is 13.1. The van der Waals surface area contributed by atoms with E-state index in [0.717, 1.165) is 11.0 Å². The van der Waals surface area contributed by atoms with Crippen molar-refractivity contribution < 1.29 is 14.4 Å². The number of carbonyl (C=O) groups excluding carboxylic acids is 3. The number of urea groups is 1. The van der Waals surface area contributed by atoms with Gasteiger partial charge in [-0.05, 0) is 30.2 Å². The summed E-state index contributed by atoms with van der Waals surface area (Å²) < 4.78 is 0. The fourth-order valence-electron chi connectivity index (χ4n) is 3.70. The molecule has 32 heavy (non-hydrogen) atoms. The Hall–Kier alpha value is -3.88. The summed E-state index contributed by atoms with van der Waals surface area (Å²) in [5.41, 5.74) is 2.87. The van der Waals surface area contributed by atoms with Gasteiger partial charge in [0.2, 0.25) is 11.8 Å². The number of benzene rings is 2. The van der Waals surface area contributed by atoms with Gasteiger partial charge in [-0.2, -0.15) is 0 Å². The highest BCUT2D eigenvalue weighted by atomic mass is 16.2. The molecule has 0 saturated heterocycles. The van der Waals surface area contributed by atoms with Crippen LogP contribution in [-0.4, -0.2) is 40.4 Å². The van der Waals surface area contributed by atoms with Crippen molar-refractivity contribution in [3.05, 3.63) is 54.4 Å². The fourth-order valence-corrected chi connectivity index (χ4v) is 3.70. The summed E-state index contributed by atoms with van der Waals surface area (Å²) in [5.74, 6) is -0.0601. The van der Waals surface area contributed by atoms with E-state index in [1.807, 2.05) is 38.1 Å². The number of para-hydroxylation sites is 4. The number of aromatic amines is 1. The van der Waals surface area contributed by atoms with Crippen LogP contribution >= 0.6 is 0 Å². The minimum Gasteiger partial charge on any atom is -0.347 e. The van der Waals surface area contributed by atoms with Crippen LogP contribution in [0, 0.1) is 5.92 Å². The molecule has 0 radical (unpaired) electrons. The number of hydrogen-bond donors (Lipinski definition) is 4. The SMILES string of the molecule is CC[C@@H](C)[C@H](NC(=O)N1CC(=O)Nc2ccccc21)C(=O)NCc1nc2ccccc2[nH]1. The smallest absolute Gasteiger partial charge is 0.323 e. The van der Waals surface area contributed by atoms with E-state index in [4.69, 9.17) is 0 Å². The number of imidazole rings is 1. The molecule has 1 aliphatic rings. The third-order valence-corrected chi connectivity index (χ3v) is 5.66. The molecule has 0 saturated carbocycles. The van der Waals surface area contributed by atoms with Crippen LogP contribution in [0.25, 0.3) is 11.0 Å². The second kappa shape index (κ2) is 9.09. The van der Waals surface area contributed by atoms with Gasteiger partial charge in [-0.15, -0.1) is 0 Å². The first kappa shape index (κ1) is 21.4.